The van der Waals surface area contributed by atoms with Crippen molar-refractivity contribution in [2.75, 3.05) is 11.9 Å². The summed E-state index contributed by atoms with van der Waals surface area (Å²) >= 11 is 0. The van der Waals surface area contributed by atoms with E-state index in [1.807, 2.05) is 23.6 Å². The number of aromatic nitrogens is 5. The van der Waals surface area contributed by atoms with Crippen molar-refractivity contribution in [1.29, 1.82) is 0 Å². The summed E-state index contributed by atoms with van der Waals surface area (Å²) in [5.41, 5.74) is 2.88. The summed E-state index contributed by atoms with van der Waals surface area (Å²) in [6.45, 7) is 3.01. The number of hydrogen-bond donors (Lipinski definition) is 3. The van der Waals surface area contributed by atoms with Crippen molar-refractivity contribution >= 4 is 28.5 Å². The molecule has 34 heavy (non-hydrogen) atoms. The number of amides is 2. The zero-order chi connectivity index (χ0) is 23.4. The number of carbonyl (C=O) groups excluding carboxylic acids is 2. The molecule has 10 heteroatoms. The van der Waals surface area contributed by atoms with E-state index in [1.54, 1.807) is 41.5 Å². The Kier molecular flexibility index (Phi) is 4.53. The van der Waals surface area contributed by atoms with Gasteiger partial charge in [-0.3, -0.25) is 19.3 Å². The van der Waals surface area contributed by atoms with Gasteiger partial charge in [0.25, 0.3) is 11.8 Å². The monoisotopic (exact) mass is 457 g/mol. The lowest BCUT2D eigenvalue weighted by Gasteiger charge is -2.23. The zero-order valence-corrected chi connectivity index (χ0v) is 18.5. The van der Waals surface area contributed by atoms with Gasteiger partial charge in [0.15, 0.2) is 0 Å². The van der Waals surface area contributed by atoms with E-state index in [-0.39, 0.29) is 23.6 Å². The Hall–Kier alpha value is -4.05. The molecule has 0 unspecified atom stereocenters. The van der Waals surface area contributed by atoms with Gasteiger partial charge in [0.1, 0.15) is 22.6 Å². The Bertz CT molecular complexity index is 1430. The van der Waals surface area contributed by atoms with Crippen LogP contribution in [-0.2, 0) is 12.1 Å². The number of pyridine rings is 2. The molecule has 6 rings (SSSR count). The largest absolute Gasteiger partial charge is 0.384 e. The second kappa shape index (κ2) is 7.49. The minimum atomic E-state index is -0.747. The summed E-state index contributed by atoms with van der Waals surface area (Å²) in [5, 5.41) is 21.0. The molecule has 1 fully saturated rings. The van der Waals surface area contributed by atoms with Crippen LogP contribution < -0.4 is 10.6 Å². The van der Waals surface area contributed by atoms with E-state index in [9.17, 15) is 14.7 Å². The van der Waals surface area contributed by atoms with Gasteiger partial charge in [-0.1, -0.05) is 6.07 Å². The van der Waals surface area contributed by atoms with Crippen LogP contribution in [0.3, 0.4) is 0 Å². The predicted molar refractivity (Wildman–Crippen MR) is 123 cm³/mol. The van der Waals surface area contributed by atoms with Gasteiger partial charge in [0.2, 0.25) is 0 Å². The molecule has 0 saturated heterocycles. The van der Waals surface area contributed by atoms with Gasteiger partial charge in [-0.05, 0) is 49.6 Å². The van der Waals surface area contributed by atoms with Crippen molar-refractivity contribution in [2.45, 2.75) is 38.0 Å². The third kappa shape index (κ3) is 3.52. The highest BCUT2D eigenvalue weighted by Gasteiger charge is 2.43. The van der Waals surface area contributed by atoms with Crippen LogP contribution in [-0.4, -0.2) is 47.8 Å². The van der Waals surface area contributed by atoms with Gasteiger partial charge >= 0.3 is 0 Å². The smallest absolute Gasteiger partial charge is 0.274 e. The van der Waals surface area contributed by atoms with Crippen LogP contribution in [0.2, 0.25) is 0 Å². The Balaban J connectivity index is 1.18. The van der Waals surface area contributed by atoms with Crippen LogP contribution in [0.15, 0.2) is 48.9 Å². The molecule has 172 valence electrons. The normalized spacial score (nSPS) is 18.4. The van der Waals surface area contributed by atoms with Gasteiger partial charge in [-0.2, -0.15) is 5.10 Å². The fourth-order valence-corrected chi connectivity index (χ4v) is 4.33. The van der Waals surface area contributed by atoms with E-state index < -0.39 is 5.60 Å². The van der Waals surface area contributed by atoms with Crippen LogP contribution in [0.1, 0.15) is 58.0 Å². The van der Waals surface area contributed by atoms with Crippen LogP contribution in [0, 0.1) is 0 Å². The third-order valence-electron chi connectivity index (χ3n) is 6.41. The van der Waals surface area contributed by atoms with Gasteiger partial charge in [0.05, 0.1) is 30.2 Å². The first-order valence-corrected chi connectivity index (χ1v) is 11.2. The Labute approximate surface area is 194 Å². The van der Waals surface area contributed by atoms with Crippen LogP contribution in [0.25, 0.3) is 11.0 Å². The molecule has 10 nitrogen and oxygen atoms in total. The molecule has 0 spiro atoms. The highest BCUT2D eigenvalue weighted by molar-refractivity contribution is 6.04. The van der Waals surface area contributed by atoms with Crippen molar-refractivity contribution < 1.29 is 14.7 Å². The van der Waals surface area contributed by atoms with Crippen molar-refractivity contribution in [2.24, 2.45) is 0 Å². The molecular formula is C24H23N7O3. The molecule has 1 aliphatic heterocycles. The molecule has 0 bridgehead atoms. The molecule has 1 saturated carbocycles. The summed E-state index contributed by atoms with van der Waals surface area (Å²) in [6.07, 6.45) is 6.57. The fourth-order valence-electron chi connectivity index (χ4n) is 4.33. The zero-order valence-electron chi connectivity index (χ0n) is 18.5. The molecule has 0 aromatic carbocycles. The first kappa shape index (κ1) is 20.5. The Morgan fingerprint density at radius 3 is 2.88 bits per heavy atom. The topological polar surface area (TPSA) is 127 Å². The molecule has 4 aromatic rings. The Morgan fingerprint density at radius 2 is 2.12 bits per heavy atom. The molecule has 2 aliphatic rings. The summed E-state index contributed by atoms with van der Waals surface area (Å²) in [7, 11) is 0. The molecule has 0 radical (unpaired) electrons. The van der Waals surface area contributed by atoms with Gasteiger partial charge in [-0.25, -0.2) is 4.98 Å². The predicted octanol–water partition coefficient (Wildman–Crippen LogP) is 2.21. The van der Waals surface area contributed by atoms with Gasteiger partial charge in [-0.15, -0.1) is 0 Å². The average Bonchev–Trinajstić information content (AvgIpc) is 3.25. The van der Waals surface area contributed by atoms with E-state index in [0.717, 1.165) is 23.8 Å². The van der Waals surface area contributed by atoms with Crippen molar-refractivity contribution in [3.63, 3.8) is 0 Å². The standard InChI is InChI=1S/C24H23N7O3/c1-14-9-26-23(33)19-8-16-3-4-18(29-21(16)31(14)19)22(32)28-17-11-27-30(13-17)12-15-2-5-20(25-10-15)24(34)6-7-24/h2-5,8,10-11,13-14,34H,6-7,9,12H2,1H3,(H,26,33)(H,28,32)/t14-/m1/s1. The number of carbonyl (C=O) groups is 2. The van der Waals surface area contributed by atoms with Crippen molar-refractivity contribution in [3.05, 3.63) is 71.6 Å². The molecule has 2 amide bonds. The number of rotatable bonds is 5. The fraction of sp³-hybridized carbons (Fsp3) is 0.292. The lowest BCUT2D eigenvalue weighted by Crippen LogP contribution is -2.37. The number of nitrogens with zero attached hydrogens (tertiary/aromatic N) is 5. The van der Waals surface area contributed by atoms with Crippen LogP contribution in [0.4, 0.5) is 5.69 Å². The summed E-state index contributed by atoms with van der Waals surface area (Å²) in [5.74, 6) is -0.489. The number of hydrogen-bond acceptors (Lipinski definition) is 6. The first-order chi connectivity index (χ1) is 16.4. The van der Waals surface area contributed by atoms with Gasteiger partial charge in [0, 0.05) is 24.3 Å². The maximum atomic E-state index is 12.9. The first-order valence-electron chi connectivity index (χ1n) is 11.2. The molecule has 5 heterocycles. The molecule has 4 aromatic heterocycles. The minimum absolute atomic E-state index is 0.0463. The second-order valence-electron chi connectivity index (χ2n) is 9.03. The van der Waals surface area contributed by atoms with Crippen molar-refractivity contribution in [3.8, 4) is 0 Å². The molecular weight excluding hydrogens is 434 g/mol. The lowest BCUT2D eigenvalue weighted by atomic mass is 10.2. The molecule has 3 N–H and O–H groups in total. The van der Waals surface area contributed by atoms with Crippen molar-refractivity contribution in [1.82, 2.24) is 29.6 Å². The quantitative estimate of drug-likeness (QED) is 0.422. The number of aliphatic hydroxyl groups is 1. The summed E-state index contributed by atoms with van der Waals surface area (Å²) in [4.78, 5) is 34.0. The van der Waals surface area contributed by atoms with E-state index in [1.165, 1.54) is 0 Å². The number of nitrogens with one attached hydrogen (secondary N) is 2. The van der Waals surface area contributed by atoms with E-state index in [2.05, 4.69) is 25.7 Å². The molecule has 1 aliphatic carbocycles. The van der Waals surface area contributed by atoms with Crippen LogP contribution >= 0.6 is 0 Å². The number of fused-ring (bicyclic) bond motifs is 3. The SMILES string of the molecule is C[C@@H]1CNC(=O)c2cc3ccc(C(=O)Nc4cnn(Cc5ccc(C6(O)CC6)nc5)c4)nc3n21. The average molecular weight is 457 g/mol. The Morgan fingerprint density at radius 1 is 1.26 bits per heavy atom. The summed E-state index contributed by atoms with van der Waals surface area (Å²) in [6, 6.07) is 9.08. The maximum Gasteiger partial charge on any atom is 0.274 e. The highest BCUT2D eigenvalue weighted by Crippen LogP contribution is 2.44. The third-order valence-corrected chi connectivity index (χ3v) is 6.41. The van der Waals surface area contributed by atoms with Crippen LogP contribution in [0.5, 0.6) is 0 Å². The van der Waals surface area contributed by atoms with E-state index in [0.29, 0.717) is 35.8 Å². The molecule has 1 atom stereocenters. The second-order valence-corrected chi connectivity index (χ2v) is 9.03. The van der Waals surface area contributed by atoms with Gasteiger partial charge < -0.3 is 20.3 Å². The minimum Gasteiger partial charge on any atom is -0.384 e. The maximum absolute atomic E-state index is 12.9. The summed E-state index contributed by atoms with van der Waals surface area (Å²) < 4.78 is 3.59. The van der Waals surface area contributed by atoms with E-state index in [4.69, 9.17) is 0 Å². The number of anilines is 1. The van der Waals surface area contributed by atoms with E-state index >= 15 is 0 Å². The highest BCUT2D eigenvalue weighted by atomic mass is 16.3. The lowest BCUT2D eigenvalue weighted by molar-refractivity contribution is 0.0918.